The molecule has 0 amide bonds. The predicted octanol–water partition coefficient (Wildman–Crippen LogP) is 3.44. The fourth-order valence-electron chi connectivity index (χ4n) is 1.58. The Balaban J connectivity index is 2.24. The van der Waals surface area contributed by atoms with Crippen molar-refractivity contribution in [3.8, 4) is 11.4 Å². The number of aromatic amines is 1. The van der Waals surface area contributed by atoms with Crippen LogP contribution in [-0.4, -0.2) is 19.9 Å². The second-order valence-corrected chi connectivity index (χ2v) is 4.68. The van der Waals surface area contributed by atoms with Crippen molar-refractivity contribution in [2.45, 2.75) is 0 Å². The van der Waals surface area contributed by atoms with Crippen LogP contribution in [0.3, 0.4) is 0 Å². The van der Waals surface area contributed by atoms with Crippen molar-refractivity contribution < 1.29 is 0 Å². The zero-order valence-corrected chi connectivity index (χ0v) is 10.8. The molecule has 0 aliphatic rings. The van der Waals surface area contributed by atoms with E-state index in [1.54, 1.807) is 6.20 Å². The first kappa shape index (κ1) is 10.7. The molecule has 0 bridgehead atoms. The summed E-state index contributed by atoms with van der Waals surface area (Å²) in [5.74, 6) is 0.687. The van der Waals surface area contributed by atoms with Crippen molar-refractivity contribution in [3.05, 3.63) is 40.2 Å². The third-order valence-corrected chi connectivity index (χ3v) is 3.67. The topological polar surface area (TPSA) is 54.5 Å². The summed E-state index contributed by atoms with van der Waals surface area (Å²) in [5.41, 5.74) is 2.25. The molecule has 1 N–H and O–H groups in total. The van der Waals surface area contributed by atoms with Gasteiger partial charge in [-0.1, -0.05) is 17.7 Å². The Labute approximate surface area is 110 Å². The first-order valence-electron chi connectivity index (χ1n) is 4.86. The van der Waals surface area contributed by atoms with E-state index in [0.29, 0.717) is 16.5 Å². The molecular weight excluding hydrogens is 304 g/mol. The monoisotopic (exact) mass is 308 g/mol. The number of H-pyrrole nitrogens is 1. The number of rotatable bonds is 1. The van der Waals surface area contributed by atoms with Crippen molar-refractivity contribution in [1.82, 2.24) is 19.9 Å². The van der Waals surface area contributed by atoms with Crippen LogP contribution < -0.4 is 0 Å². The predicted molar refractivity (Wildman–Crippen MR) is 69.8 cm³/mol. The molecule has 84 valence electrons. The number of nitrogens with zero attached hydrogens (tertiary/aromatic N) is 3. The molecule has 0 spiro atoms. The number of nitrogens with one attached hydrogen (secondary N) is 1. The van der Waals surface area contributed by atoms with E-state index in [1.807, 2.05) is 18.2 Å². The number of benzene rings is 1. The Morgan fingerprint density at radius 1 is 1.29 bits per heavy atom. The highest BCUT2D eigenvalue weighted by molar-refractivity contribution is 9.10. The number of fused-ring (bicyclic) bond motifs is 1. The summed E-state index contributed by atoms with van der Waals surface area (Å²) >= 11 is 9.60. The first-order valence-corrected chi connectivity index (χ1v) is 6.03. The van der Waals surface area contributed by atoms with E-state index in [9.17, 15) is 0 Å². The van der Waals surface area contributed by atoms with Gasteiger partial charge in [0.1, 0.15) is 17.7 Å². The molecule has 1 aromatic carbocycles. The van der Waals surface area contributed by atoms with Gasteiger partial charge in [-0.15, -0.1) is 0 Å². The van der Waals surface area contributed by atoms with Crippen LogP contribution in [0.4, 0.5) is 0 Å². The second-order valence-electron chi connectivity index (χ2n) is 3.45. The average Bonchev–Trinajstić information content (AvgIpc) is 2.76. The quantitative estimate of drug-likeness (QED) is 0.749. The van der Waals surface area contributed by atoms with Gasteiger partial charge < -0.3 is 4.98 Å². The van der Waals surface area contributed by atoms with Crippen LogP contribution in [0.2, 0.25) is 5.02 Å². The maximum atomic E-state index is 6.21. The van der Waals surface area contributed by atoms with E-state index in [-0.39, 0.29) is 0 Å². The summed E-state index contributed by atoms with van der Waals surface area (Å²) in [5, 5.41) is 0.625. The lowest BCUT2D eigenvalue weighted by molar-refractivity contribution is 1.20. The Kier molecular flexibility index (Phi) is 2.57. The van der Waals surface area contributed by atoms with Gasteiger partial charge in [-0.25, -0.2) is 15.0 Å². The third kappa shape index (κ3) is 1.81. The van der Waals surface area contributed by atoms with Crippen molar-refractivity contribution >= 4 is 38.7 Å². The van der Waals surface area contributed by atoms with E-state index < -0.39 is 0 Å². The van der Waals surface area contributed by atoms with E-state index in [4.69, 9.17) is 11.6 Å². The summed E-state index contributed by atoms with van der Waals surface area (Å²) < 4.78 is 0.836. The molecule has 0 unspecified atom stereocenters. The fraction of sp³-hybridized carbons (Fsp3) is 0. The van der Waals surface area contributed by atoms with E-state index >= 15 is 0 Å². The summed E-state index contributed by atoms with van der Waals surface area (Å²) in [6, 6.07) is 5.69. The average molecular weight is 310 g/mol. The summed E-state index contributed by atoms with van der Waals surface area (Å²) in [7, 11) is 0. The van der Waals surface area contributed by atoms with Gasteiger partial charge in [-0.05, 0) is 28.1 Å². The van der Waals surface area contributed by atoms with Gasteiger partial charge in [-0.2, -0.15) is 0 Å². The SMILES string of the molecule is Clc1c(Br)cccc1-c1nc2ncncc2[nH]1. The normalized spacial score (nSPS) is 10.9. The van der Waals surface area contributed by atoms with Gasteiger partial charge in [0.05, 0.1) is 11.2 Å². The third-order valence-electron chi connectivity index (χ3n) is 2.37. The van der Waals surface area contributed by atoms with Crippen LogP contribution in [0.1, 0.15) is 0 Å². The smallest absolute Gasteiger partial charge is 0.181 e. The summed E-state index contributed by atoms with van der Waals surface area (Å²) in [6.45, 7) is 0. The molecule has 0 atom stereocenters. The van der Waals surface area contributed by atoms with Crippen LogP contribution in [-0.2, 0) is 0 Å². The van der Waals surface area contributed by atoms with Gasteiger partial charge in [0.15, 0.2) is 5.65 Å². The molecule has 3 rings (SSSR count). The number of hydrogen-bond acceptors (Lipinski definition) is 3. The molecule has 0 radical (unpaired) electrons. The van der Waals surface area contributed by atoms with Crippen LogP contribution in [0.25, 0.3) is 22.6 Å². The van der Waals surface area contributed by atoms with Crippen LogP contribution >= 0.6 is 27.5 Å². The molecular formula is C11H6BrClN4. The molecule has 0 aliphatic carbocycles. The van der Waals surface area contributed by atoms with E-state index in [2.05, 4.69) is 35.9 Å². The van der Waals surface area contributed by atoms with Crippen LogP contribution in [0.5, 0.6) is 0 Å². The van der Waals surface area contributed by atoms with Crippen molar-refractivity contribution in [1.29, 1.82) is 0 Å². The zero-order chi connectivity index (χ0) is 11.8. The van der Waals surface area contributed by atoms with Gasteiger partial charge >= 0.3 is 0 Å². The zero-order valence-electron chi connectivity index (χ0n) is 8.48. The highest BCUT2D eigenvalue weighted by Gasteiger charge is 2.11. The van der Waals surface area contributed by atoms with Crippen molar-refractivity contribution in [2.24, 2.45) is 0 Å². The Morgan fingerprint density at radius 2 is 2.18 bits per heavy atom. The second kappa shape index (κ2) is 4.09. The molecule has 6 heteroatoms. The molecule has 2 aromatic heterocycles. The van der Waals surface area contributed by atoms with Gasteiger partial charge in [0.25, 0.3) is 0 Å². The highest BCUT2D eigenvalue weighted by atomic mass is 79.9. The molecule has 0 saturated heterocycles. The van der Waals surface area contributed by atoms with Gasteiger partial charge in [0.2, 0.25) is 0 Å². The lowest BCUT2D eigenvalue weighted by atomic mass is 10.2. The van der Waals surface area contributed by atoms with E-state index in [1.165, 1.54) is 6.33 Å². The fourth-order valence-corrected chi connectivity index (χ4v) is 2.16. The number of imidazole rings is 1. The molecule has 4 nitrogen and oxygen atoms in total. The Hall–Kier alpha value is -1.46. The van der Waals surface area contributed by atoms with Crippen molar-refractivity contribution in [2.75, 3.05) is 0 Å². The highest BCUT2D eigenvalue weighted by Crippen LogP contribution is 2.32. The molecule has 2 heterocycles. The minimum atomic E-state index is 0.625. The van der Waals surface area contributed by atoms with Crippen LogP contribution in [0.15, 0.2) is 35.2 Å². The minimum absolute atomic E-state index is 0.625. The van der Waals surface area contributed by atoms with Gasteiger partial charge in [0, 0.05) is 10.0 Å². The Bertz CT molecular complexity index is 662. The lowest BCUT2D eigenvalue weighted by Gasteiger charge is -2.01. The molecule has 0 saturated carbocycles. The standard InChI is InChI=1S/C11H6BrClN4/c12-7-3-1-2-6(9(7)13)10-16-8-4-14-5-15-11(8)17-10/h1-5H,(H,14,15,16,17). The maximum Gasteiger partial charge on any atom is 0.181 e. The van der Waals surface area contributed by atoms with Crippen molar-refractivity contribution in [3.63, 3.8) is 0 Å². The molecule has 3 aromatic rings. The number of hydrogen-bond donors (Lipinski definition) is 1. The number of halogens is 2. The summed E-state index contributed by atoms with van der Waals surface area (Å²) in [4.78, 5) is 15.5. The minimum Gasteiger partial charge on any atom is -0.335 e. The van der Waals surface area contributed by atoms with Gasteiger partial charge in [-0.3, -0.25) is 0 Å². The van der Waals surface area contributed by atoms with E-state index in [0.717, 1.165) is 15.6 Å². The largest absolute Gasteiger partial charge is 0.335 e. The number of aromatic nitrogens is 4. The van der Waals surface area contributed by atoms with Crippen LogP contribution in [0, 0.1) is 0 Å². The first-order chi connectivity index (χ1) is 8.25. The lowest BCUT2D eigenvalue weighted by Crippen LogP contribution is -1.82. The summed E-state index contributed by atoms with van der Waals surface area (Å²) in [6.07, 6.45) is 3.15. The Morgan fingerprint density at radius 3 is 3.00 bits per heavy atom. The molecule has 0 fully saturated rings. The molecule has 0 aliphatic heterocycles. The maximum absolute atomic E-state index is 6.21. The molecule has 17 heavy (non-hydrogen) atoms.